The van der Waals surface area contributed by atoms with Crippen molar-refractivity contribution in [3.63, 3.8) is 0 Å². The van der Waals surface area contributed by atoms with Crippen LogP contribution in [0, 0.1) is 0 Å². The highest BCUT2D eigenvalue weighted by atomic mass is 79.9. The number of nitrogens with two attached hydrogens (primary N) is 1. The van der Waals surface area contributed by atoms with Gasteiger partial charge in [0.1, 0.15) is 11.6 Å². The van der Waals surface area contributed by atoms with Gasteiger partial charge in [-0.15, -0.1) is 0 Å². The number of amides is 1. The number of carbonyl (C=O) groups is 1. The van der Waals surface area contributed by atoms with Gasteiger partial charge in [-0.05, 0) is 43.2 Å². The zero-order valence-electron chi connectivity index (χ0n) is 19.0. The first kappa shape index (κ1) is 25.3. The molecule has 1 unspecified atom stereocenters. The van der Waals surface area contributed by atoms with Crippen LogP contribution in [0.15, 0.2) is 68.7 Å². The summed E-state index contributed by atoms with van der Waals surface area (Å²) in [6.07, 6.45) is -0.471. The second kappa shape index (κ2) is 11.7. The predicted molar refractivity (Wildman–Crippen MR) is 134 cm³/mol. The molecule has 0 saturated heterocycles. The molecular weight excluding hydrogens is 504 g/mol. The summed E-state index contributed by atoms with van der Waals surface area (Å²) in [5.74, 6) is -0.0721. The van der Waals surface area contributed by atoms with Crippen LogP contribution in [0.1, 0.15) is 18.9 Å². The van der Waals surface area contributed by atoms with Crippen molar-refractivity contribution < 1.29 is 14.3 Å². The molecule has 0 saturated carbocycles. The molecule has 1 atom stereocenters. The van der Waals surface area contributed by atoms with Crippen molar-refractivity contribution in [2.75, 3.05) is 30.9 Å². The normalized spacial score (nSPS) is 11.7. The maximum absolute atomic E-state index is 13.4. The molecule has 0 bridgehead atoms. The van der Waals surface area contributed by atoms with Gasteiger partial charge >= 0.3 is 5.69 Å². The zero-order chi connectivity index (χ0) is 24.7. The van der Waals surface area contributed by atoms with Gasteiger partial charge in [0.15, 0.2) is 11.8 Å². The number of nitrogens with one attached hydrogen (secondary N) is 1. The van der Waals surface area contributed by atoms with Gasteiger partial charge in [0, 0.05) is 24.7 Å². The Morgan fingerprint density at radius 3 is 2.47 bits per heavy atom. The molecule has 1 amide bonds. The van der Waals surface area contributed by atoms with Crippen LogP contribution in [-0.4, -0.2) is 41.8 Å². The average molecular weight is 531 g/mol. The van der Waals surface area contributed by atoms with Crippen molar-refractivity contribution in [2.45, 2.75) is 26.0 Å². The van der Waals surface area contributed by atoms with E-state index in [1.165, 1.54) is 9.47 Å². The third kappa shape index (κ3) is 6.15. The molecule has 1 heterocycles. The van der Waals surface area contributed by atoms with E-state index in [2.05, 4.69) is 20.9 Å². The van der Waals surface area contributed by atoms with E-state index in [0.29, 0.717) is 18.8 Å². The highest BCUT2D eigenvalue weighted by Gasteiger charge is 2.28. The number of nitrogen functional groups attached to an aromatic ring is 1. The van der Waals surface area contributed by atoms with E-state index in [0.717, 1.165) is 10.0 Å². The Bertz CT molecular complexity index is 1220. The van der Waals surface area contributed by atoms with Gasteiger partial charge < -0.3 is 20.1 Å². The fourth-order valence-electron chi connectivity index (χ4n) is 3.45. The molecule has 3 N–H and O–H groups in total. The van der Waals surface area contributed by atoms with Crippen LogP contribution in [0.5, 0.6) is 5.75 Å². The van der Waals surface area contributed by atoms with Gasteiger partial charge in [0.2, 0.25) is 0 Å². The third-order valence-corrected chi connectivity index (χ3v) is 5.67. The quantitative estimate of drug-likeness (QED) is 0.389. The number of halogens is 1. The Morgan fingerprint density at radius 1 is 1.15 bits per heavy atom. The molecule has 10 heteroatoms. The number of H-pyrrole nitrogens is 1. The summed E-state index contributed by atoms with van der Waals surface area (Å²) < 4.78 is 13.0. The SMILES string of the molecule is COCCCN(C(=O)C(C)Oc1ccc(Br)cc1)c1c(N)n(Cc2ccccc2)c(=O)[nH]c1=O. The van der Waals surface area contributed by atoms with E-state index in [-0.39, 0.29) is 24.6 Å². The standard InChI is InChI=1S/C24H27BrN4O5/c1-16(34-19-11-9-18(25)10-12-19)23(31)28(13-6-14-33-2)20-21(26)29(24(32)27-22(20)30)15-17-7-4-3-5-8-17/h3-5,7-12,16H,6,13-15,26H2,1-2H3,(H,27,30,32). The van der Waals surface area contributed by atoms with Crippen molar-refractivity contribution in [3.8, 4) is 5.75 Å². The smallest absolute Gasteiger partial charge is 0.330 e. The maximum Gasteiger partial charge on any atom is 0.330 e. The monoisotopic (exact) mass is 530 g/mol. The molecule has 3 aromatic rings. The summed E-state index contributed by atoms with van der Waals surface area (Å²) in [4.78, 5) is 42.4. The Balaban J connectivity index is 1.97. The summed E-state index contributed by atoms with van der Waals surface area (Å²) in [6, 6.07) is 16.3. The maximum atomic E-state index is 13.4. The molecule has 0 fully saturated rings. The van der Waals surface area contributed by atoms with E-state index in [9.17, 15) is 14.4 Å². The minimum Gasteiger partial charge on any atom is -0.481 e. The minimum absolute atomic E-state index is 0.0945. The van der Waals surface area contributed by atoms with Crippen molar-refractivity contribution in [3.05, 3.63) is 85.5 Å². The summed E-state index contributed by atoms with van der Waals surface area (Å²) in [7, 11) is 1.55. The number of anilines is 2. The Labute approximate surface area is 205 Å². The molecule has 34 heavy (non-hydrogen) atoms. The third-order valence-electron chi connectivity index (χ3n) is 5.14. The summed E-state index contributed by atoms with van der Waals surface area (Å²) in [6.45, 7) is 2.25. The van der Waals surface area contributed by atoms with Gasteiger partial charge in [-0.25, -0.2) is 4.79 Å². The van der Waals surface area contributed by atoms with Gasteiger partial charge in [-0.2, -0.15) is 0 Å². The number of aromatic amines is 1. The predicted octanol–water partition coefficient (Wildman–Crippen LogP) is 2.77. The highest BCUT2D eigenvalue weighted by Crippen LogP contribution is 2.22. The molecule has 2 aromatic carbocycles. The van der Waals surface area contributed by atoms with E-state index in [1.54, 1.807) is 38.3 Å². The number of hydrogen-bond acceptors (Lipinski definition) is 6. The Kier molecular flexibility index (Phi) is 8.67. The van der Waals surface area contributed by atoms with Crippen LogP contribution in [0.2, 0.25) is 0 Å². The summed E-state index contributed by atoms with van der Waals surface area (Å²) in [5, 5.41) is 0. The number of rotatable bonds is 10. The van der Waals surface area contributed by atoms with Crippen molar-refractivity contribution in [1.29, 1.82) is 0 Å². The van der Waals surface area contributed by atoms with Crippen molar-refractivity contribution in [1.82, 2.24) is 9.55 Å². The number of hydrogen-bond donors (Lipinski definition) is 2. The van der Waals surface area contributed by atoms with E-state index < -0.39 is 23.3 Å². The second-order valence-corrected chi connectivity index (χ2v) is 8.53. The first-order valence-corrected chi connectivity index (χ1v) is 11.5. The molecule has 0 spiro atoms. The van der Waals surface area contributed by atoms with Crippen LogP contribution in [0.4, 0.5) is 11.5 Å². The van der Waals surface area contributed by atoms with Crippen LogP contribution >= 0.6 is 15.9 Å². The van der Waals surface area contributed by atoms with Crippen LogP contribution < -0.4 is 26.6 Å². The number of carbonyl (C=O) groups excluding carboxylic acids is 1. The number of aromatic nitrogens is 2. The molecule has 0 aliphatic rings. The van der Waals surface area contributed by atoms with Crippen molar-refractivity contribution in [2.24, 2.45) is 0 Å². The van der Waals surface area contributed by atoms with Crippen LogP contribution in [0.25, 0.3) is 0 Å². The number of benzene rings is 2. The number of methoxy groups -OCH3 is 1. The number of ether oxygens (including phenoxy) is 2. The molecule has 0 radical (unpaired) electrons. The Morgan fingerprint density at radius 2 is 1.82 bits per heavy atom. The molecule has 9 nitrogen and oxygen atoms in total. The average Bonchev–Trinajstić information content (AvgIpc) is 2.82. The van der Waals surface area contributed by atoms with Crippen LogP contribution in [0.3, 0.4) is 0 Å². The molecule has 0 aliphatic heterocycles. The number of nitrogens with zero attached hydrogens (tertiary/aromatic N) is 2. The second-order valence-electron chi connectivity index (χ2n) is 7.62. The zero-order valence-corrected chi connectivity index (χ0v) is 20.6. The topological polar surface area (TPSA) is 120 Å². The first-order valence-electron chi connectivity index (χ1n) is 10.7. The van der Waals surface area contributed by atoms with Gasteiger partial charge in [-0.3, -0.25) is 19.1 Å². The van der Waals surface area contributed by atoms with E-state index >= 15 is 0 Å². The fraction of sp³-hybridized carbons (Fsp3) is 0.292. The molecule has 0 aliphatic carbocycles. The lowest BCUT2D eigenvalue weighted by Gasteiger charge is -2.27. The van der Waals surface area contributed by atoms with E-state index in [1.807, 2.05) is 30.3 Å². The highest BCUT2D eigenvalue weighted by molar-refractivity contribution is 9.10. The molecule has 3 rings (SSSR count). The van der Waals surface area contributed by atoms with Crippen LogP contribution in [-0.2, 0) is 16.1 Å². The largest absolute Gasteiger partial charge is 0.481 e. The molecular formula is C24H27BrN4O5. The lowest BCUT2D eigenvalue weighted by molar-refractivity contribution is -0.124. The molecule has 180 valence electrons. The lowest BCUT2D eigenvalue weighted by Crippen LogP contribution is -2.46. The molecule has 1 aromatic heterocycles. The fourth-order valence-corrected chi connectivity index (χ4v) is 3.71. The lowest BCUT2D eigenvalue weighted by atomic mass is 10.2. The summed E-state index contributed by atoms with van der Waals surface area (Å²) >= 11 is 3.36. The Hall–Kier alpha value is -3.37. The van der Waals surface area contributed by atoms with Gasteiger partial charge in [0.05, 0.1) is 6.54 Å². The summed E-state index contributed by atoms with van der Waals surface area (Å²) in [5.41, 5.74) is 5.64. The first-order chi connectivity index (χ1) is 16.3. The van der Waals surface area contributed by atoms with Gasteiger partial charge in [0.25, 0.3) is 11.5 Å². The minimum atomic E-state index is -0.919. The van der Waals surface area contributed by atoms with Gasteiger partial charge in [-0.1, -0.05) is 46.3 Å². The van der Waals surface area contributed by atoms with E-state index in [4.69, 9.17) is 15.2 Å². The van der Waals surface area contributed by atoms with Crippen molar-refractivity contribution >= 4 is 33.3 Å².